The average molecular weight is 597 g/mol. The van der Waals surface area contributed by atoms with Gasteiger partial charge in [-0.05, 0) is 91.0 Å². The van der Waals surface area contributed by atoms with Gasteiger partial charge in [0.25, 0.3) is 5.91 Å². The number of anilines is 1. The number of H-pyrrole nitrogens is 1. The molecule has 0 aliphatic carbocycles. The van der Waals surface area contributed by atoms with Crippen LogP contribution in [0.4, 0.5) is 5.69 Å². The highest BCUT2D eigenvalue weighted by Crippen LogP contribution is 2.34. The van der Waals surface area contributed by atoms with E-state index >= 15 is 0 Å². The topological polar surface area (TPSA) is 106 Å². The van der Waals surface area contributed by atoms with Crippen molar-refractivity contribution in [3.05, 3.63) is 51.6 Å². The Balaban J connectivity index is 1.39. The van der Waals surface area contributed by atoms with Crippen molar-refractivity contribution in [2.45, 2.75) is 18.9 Å². The summed E-state index contributed by atoms with van der Waals surface area (Å²) in [6, 6.07) is 14.1. The number of piperidine rings is 1. The van der Waals surface area contributed by atoms with Gasteiger partial charge in [-0.15, -0.1) is 0 Å². The van der Waals surface area contributed by atoms with Gasteiger partial charge in [-0.25, -0.2) is 4.98 Å². The van der Waals surface area contributed by atoms with E-state index in [9.17, 15) is 4.79 Å². The van der Waals surface area contributed by atoms with Crippen molar-refractivity contribution in [1.29, 1.82) is 0 Å². The molecule has 2 fully saturated rings. The molecule has 0 radical (unpaired) electrons. The maximum atomic E-state index is 12.5. The first-order chi connectivity index (χ1) is 17.6. The van der Waals surface area contributed by atoms with Crippen LogP contribution >= 0.6 is 22.6 Å². The van der Waals surface area contributed by atoms with Crippen LogP contribution in [-0.4, -0.2) is 61.4 Å². The van der Waals surface area contributed by atoms with Gasteiger partial charge in [0.2, 0.25) is 0 Å². The largest absolute Gasteiger partial charge is 0.489 e. The van der Waals surface area contributed by atoms with Crippen LogP contribution in [-0.2, 0) is 4.74 Å². The third kappa shape index (κ3) is 4.51. The summed E-state index contributed by atoms with van der Waals surface area (Å²) in [7, 11) is 0. The smallest absolute Gasteiger partial charge is 0.250 e. The van der Waals surface area contributed by atoms with Gasteiger partial charge in [-0.2, -0.15) is 0 Å². The van der Waals surface area contributed by atoms with Crippen LogP contribution in [0.2, 0.25) is 0 Å². The standard InChI is InChI=1S/C27H28IN5O3/c28-21-13-16(1-4-24(21)36-18-5-7-30-8-6-18)22-15-20(27(29)34)26-25(31-22)19-3-2-17(14-23(19)32-26)33-9-11-35-12-10-33/h1-4,13-15,18,30,32H,5-12H2,(H2,29,34). The fourth-order valence-corrected chi connectivity index (χ4v) is 5.69. The Morgan fingerprint density at radius 3 is 2.67 bits per heavy atom. The van der Waals surface area contributed by atoms with Crippen LogP contribution in [0.25, 0.3) is 33.2 Å². The van der Waals surface area contributed by atoms with E-state index in [-0.39, 0.29) is 6.10 Å². The molecule has 0 saturated carbocycles. The minimum absolute atomic E-state index is 0.232. The van der Waals surface area contributed by atoms with Crippen LogP contribution in [0.3, 0.4) is 0 Å². The quantitative estimate of drug-likeness (QED) is 0.300. The summed E-state index contributed by atoms with van der Waals surface area (Å²) in [4.78, 5) is 23.1. The van der Waals surface area contributed by atoms with Crippen LogP contribution in [0.5, 0.6) is 5.75 Å². The molecule has 6 rings (SSSR count). The van der Waals surface area contributed by atoms with Crippen molar-refractivity contribution < 1.29 is 14.3 Å². The van der Waals surface area contributed by atoms with E-state index in [1.165, 1.54) is 0 Å². The van der Waals surface area contributed by atoms with E-state index < -0.39 is 5.91 Å². The highest BCUT2D eigenvalue weighted by Gasteiger charge is 2.20. The number of halogens is 1. The van der Waals surface area contributed by atoms with Gasteiger partial charge in [0.05, 0.1) is 44.6 Å². The summed E-state index contributed by atoms with van der Waals surface area (Å²) in [6.45, 7) is 5.13. The number of rotatable bonds is 5. The van der Waals surface area contributed by atoms with Crippen molar-refractivity contribution in [2.75, 3.05) is 44.3 Å². The number of carbonyl (C=O) groups is 1. The number of pyridine rings is 1. The van der Waals surface area contributed by atoms with Crippen LogP contribution in [0.1, 0.15) is 23.2 Å². The van der Waals surface area contributed by atoms with Crippen LogP contribution in [0, 0.1) is 3.57 Å². The molecule has 4 N–H and O–H groups in total. The molecule has 0 spiro atoms. The Hall–Kier alpha value is -2.89. The van der Waals surface area contributed by atoms with E-state index in [1.807, 2.05) is 12.1 Å². The third-order valence-electron chi connectivity index (χ3n) is 6.99. The predicted molar refractivity (Wildman–Crippen MR) is 150 cm³/mol. The molecule has 1 amide bonds. The Morgan fingerprint density at radius 2 is 1.92 bits per heavy atom. The van der Waals surface area contributed by atoms with Gasteiger partial charge in [0, 0.05) is 29.7 Å². The summed E-state index contributed by atoms with van der Waals surface area (Å²) in [5, 5.41) is 4.33. The normalized spacial score (nSPS) is 17.1. The van der Waals surface area contributed by atoms with Crippen LogP contribution < -0.4 is 20.7 Å². The number of hydrogen-bond donors (Lipinski definition) is 3. The first-order valence-corrected chi connectivity index (χ1v) is 13.4. The van der Waals surface area contributed by atoms with E-state index in [0.29, 0.717) is 16.8 Å². The summed E-state index contributed by atoms with van der Waals surface area (Å²) in [5.74, 6) is 0.398. The molecule has 186 valence electrons. The first kappa shape index (κ1) is 23.5. The number of aromatic nitrogens is 2. The molecule has 0 bridgehead atoms. The number of morpholine rings is 1. The molecular weight excluding hydrogens is 569 g/mol. The van der Waals surface area contributed by atoms with Crippen molar-refractivity contribution >= 4 is 56.1 Å². The second-order valence-corrected chi connectivity index (χ2v) is 10.5. The SMILES string of the molecule is NC(=O)c1cc(-c2ccc(OC3CCNCC3)c(I)c2)nc2c1[nH]c1cc(N3CCOCC3)ccc12. The number of carbonyl (C=O) groups excluding carboxylic acids is 1. The molecule has 2 aromatic carbocycles. The fourth-order valence-electron chi connectivity index (χ4n) is 5.05. The lowest BCUT2D eigenvalue weighted by Crippen LogP contribution is -2.36. The first-order valence-electron chi connectivity index (χ1n) is 12.3. The van der Waals surface area contributed by atoms with E-state index in [4.69, 9.17) is 20.2 Å². The Bertz CT molecular complexity index is 1440. The van der Waals surface area contributed by atoms with Crippen molar-refractivity contribution in [2.24, 2.45) is 5.73 Å². The van der Waals surface area contributed by atoms with Crippen molar-refractivity contribution in [3.63, 3.8) is 0 Å². The molecular formula is C27H28IN5O3. The second kappa shape index (κ2) is 9.87. The summed E-state index contributed by atoms with van der Waals surface area (Å²) in [6.07, 6.45) is 2.24. The minimum atomic E-state index is -0.482. The van der Waals surface area contributed by atoms with Gasteiger partial charge in [0.15, 0.2) is 0 Å². The molecule has 36 heavy (non-hydrogen) atoms. The molecule has 0 unspecified atom stereocenters. The maximum absolute atomic E-state index is 12.5. The molecule has 2 saturated heterocycles. The lowest BCUT2D eigenvalue weighted by Gasteiger charge is -2.28. The Labute approximate surface area is 222 Å². The number of benzene rings is 2. The lowest BCUT2D eigenvalue weighted by molar-refractivity contribution is 0.100. The van der Waals surface area contributed by atoms with Gasteiger partial charge in [0.1, 0.15) is 11.9 Å². The number of amides is 1. The number of primary amides is 1. The molecule has 2 aromatic heterocycles. The summed E-state index contributed by atoms with van der Waals surface area (Å²) >= 11 is 2.31. The van der Waals surface area contributed by atoms with Gasteiger partial charge >= 0.3 is 0 Å². The highest BCUT2D eigenvalue weighted by atomic mass is 127. The van der Waals surface area contributed by atoms with E-state index in [2.05, 4.69) is 62.1 Å². The maximum Gasteiger partial charge on any atom is 0.250 e. The highest BCUT2D eigenvalue weighted by molar-refractivity contribution is 14.1. The molecule has 2 aliphatic rings. The molecule has 8 nitrogen and oxygen atoms in total. The van der Waals surface area contributed by atoms with Crippen molar-refractivity contribution in [3.8, 4) is 17.0 Å². The number of fused-ring (bicyclic) bond motifs is 3. The zero-order valence-electron chi connectivity index (χ0n) is 19.9. The number of nitrogens with two attached hydrogens (primary N) is 1. The number of nitrogens with zero attached hydrogens (tertiary/aromatic N) is 2. The molecule has 4 aromatic rings. The van der Waals surface area contributed by atoms with Crippen LogP contribution in [0.15, 0.2) is 42.5 Å². The van der Waals surface area contributed by atoms with Gasteiger partial charge in [-0.1, -0.05) is 0 Å². The molecule has 0 atom stereocenters. The zero-order chi connectivity index (χ0) is 24.6. The number of aromatic amines is 1. The predicted octanol–water partition coefficient (Wildman–Crippen LogP) is 4.05. The Kier molecular flexibility index (Phi) is 6.44. The summed E-state index contributed by atoms with van der Waals surface area (Å²) in [5.41, 5.74) is 11.3. The summed E-state index contributed by atoms with van der Waals surface area (Å²) < 4.78 is 12.8. The number of hydrogen-bond acceptors (Lipinski definition) is 6. The number of nitrogens with one attached hydrogen (secondary N) is 2. The molecule has 9 heteroatoms. The third-order valence-corrected chi connectivity index (χ3v) is 7.83. The van der Waals surface area contributed by atoms with E-state index in [0.717, 1.165) is 89.2 Å². The average Bonchev–Trinajstić information content (AvgIpc) is 3.28. The van der Waals surface area contributed by atoms with Gasteiger partial charge in [-0.3, -0.25) is 4.79 Å². The minimum Gasteiger partial charge on any atom is -0.489 e. The second-order valence-electron chi connectivity index (χ2n) is 9.31. The monoisotopic (exact) mass is 597 g/mol. The molecule has 2 aliphatic heterocycles. The van der Waals surface area contributed by atoms with Gasteiger partial charge < -0.3 is 30.4 Å². The Morgan fingerprint density at radius 1 is 1.11 bits per heavy atom. The molecule has 4 heterocycles. The van der Waals surface area contributed by atoms with Crippen molar-refractivity contribution in [1.82, 2.24) is 15.3 Å². The zero-order valence-corrected chi connectivity index (χ0v) is 22.0. The fraction of sp³-hybridized carbons (Fsp3) is 0.333. The van der Waals surface area contributed by atoms with E-state index in [1.54, 1.807) is 6.07 Å². The number of ether oxygens (including phenoxy) is 2. The lowest BCUT2D eigenvalue weighted by atomic mass is 10.1.